The van der Waals surface area contributed by atoms with Gasteiger partial charge >= 0.3 is 0 Å². The first kappa shape index (κ1) is 18.1. The topological polar surface area (TPSA) is 63.4 Å². The van der Waals surface area contributed by atoms with Gasteiger partial charge in [0.2, 0.25) is 0 Å². The number of aliphatic hydroxyl groups is 1. The van der Waals surface area contributed by atoms with Crippen molar-refractivity contribution in [3.8, 4) is 0 Å². The molecule has 0 fully saturated rings. The fourth-order valence-electron chi connectivity index (χ4n) is 3.82. The largest absolute Gasteiger partial charge is 0.384 e. The molecule has 28 heavy (non-hydrogen) atoms. The van der Waals surface area contributed by atoms with E-state index >= 15 is 0 Å². The van der Waals surface area contributed by atoms with Gasteiger partial charge in [-0.25, -0.2) is 0 Å². The normalized spacial score (nSPS) is 19.6. The number of benzene rings is 2. The average Bonchev–Trinajstić information content (AvgIpc) is 3.14. The monoisotopic (exact) mass is 371 g/mol. The molecule has 0 aromatic heterocycles. The number of rotatable bonds is 5. The average molecular weight is 371 g/mol. The first-order chi connectivity index (χ1) is 13.6. The summed E-state index contributed by atoms with van der Waals surface area (Å²) in [6, 6.07) is 16.5. The van der Waals surface area contributed by atoms with E-state index in [9.17, 15) is 15.2 Å². The fraction of sp³-hybridized carbons (Fsp3) is 0.167. The Labute approximate surface area is 164 Å². The molecule has 0 amide bonds. The molecule has 2 aromatic rings. The summed E-state index contributed by atoms with van der Waals surface area (Å²) in [6.07, 6.45) is 11.5. The summed E-state index contributed by atoms with van der Waals surface area (Å²) in [5.74, 6) is 0.281. The fourth-order valence-corrected chi connectivity index (χ4v) is 3.82. The summed E-state index contributed by atoms with van der Waals surface area (Å²) in [6.45, 7) is 0. The predicted molar refractivity (Wildman–Crippen MR) is 111 cm³/mol. The Balaban J connectivity index is 1.54. The van der Waals surface area contributed by atoms with Crippen LogP contribution < -0.4 is 0 Å². The van der Waals surface area contributed by atoms with Gasteiger partial charge in [-0.15, -0.1) is 0 Å². The molecule has 0 spiro atoms. The first-order valence-electron chi connectivity index (χ1n) is 9.39. The van der Waals surface area contributed by atoms with E-state index < -0.39 is 11.0 Å². The molecule has 0 heterocycles. The van der Waals surface area contributed by atoms with Gasteiger partial charge in [-0.05, 0) is 35.1 Å². The van der Waals surface area contributed by atoms with E-state index in [1.54, 1.807) is 12.1 Å². The van der Waals surface area contributed by atoms with Crippen LogP contribution in [0.4, 0.5) is 5.69 Å². The molecule has 1 N–H and O–H groups in total. The van der Waals surface area contributed by atoms with E-state index in [2.05, 4.69) is 36.4 Å². The minimum Gasteiger partial charge on any atom is -0.384 e. The molecule has 0 saturated carbocycles. The van der Waals surface area contributed by atoms with E-state index in [1.807, 2.05) is 24.3 Å². The molecule has 2 unspecified atom stereocenters. The molecular formula is C24H21NO3. The Hall–Kier alpha value is -3.24. The molecule has 0 bridgehead atoms. The van der Waals surface area contributed by atoms with Crippen molar-refractivity contribution in [2.45, 2.75) is 18.9 Å². The maximum absolute atomic E-state index is 11.0. The van der Waals surface area contributed by atoms with Gasteiger partial charge in [0.15, 0.2) is 0 Å². The molecule has 0 saturated heterocycles. The second-order valence-electron chi connectivity index (χ2n) is 7.11. The number of nitro benzene ring substituents is 1. The molecule has 2 aliphatic carbocycles. The van der Waals surface area contributed by atoms with Gasteiger partial charge < -0.3 is 5.11 Å². The van der Waals surface area contributed by atoms with Crippen molar-refractivity contribution in [2.24, 2.45) is 5.92 Å². The first-order valence-corrected chi connectivity index (χ1v) is 9.39. The third kappa shape index (κ3) is 3.73. The van der Waals surface area contributed by atoms with Gasteiger partial charge in [-0.3, -0.25) is 10.1 Å². The Bertz CT molecular complexity index is 1020. The molecule has 4 nitrogen and oxygen atoms in total. The van der Waals surface area contributed by atoms with Gasteiger partial charge in [0.25, 0.3) is 5.69 Å². The lowest BCUT2D eigenvalue weighted by molar-refractivity contribution is -0.385. The molecule has 2 atom stereocenters. The van der Waals surface area contributed by atoms with Gasteiger partial charge in [0.1, 0.15) is 6.10 Å². The van der Waals surface area contributed by atoms with Crippen LogP contribution >= 0.6 is 0 Å². The van der Waals surface area contributed by atoms with Gasteiger partial charge in [-0.2, -0.15) is 0 Å². The summed E-state index contributed by atoms with van der Waals surface area (Å²) in [5, 5.41) is 21.7. The molecule has 140 valence electrons. The van der Waals surface area contributed by atoms with Crippen LogP contribution in [0.5, 0.6) is 0 Å². The van der Waals surface area contributed by atoms with Crippen molar-refractivity contribution in [1.29, 1.82) is 0 Å². The Morgan fingerprint density at radius 1 is 1.11 bits per heavy atom. The minimum atomic E-state index is -0.818. The molecule has 2 aromatic carbocycles. The van der Waals surface area contributed by atoms with E-state index in [1.165, 1.54) is 23.3 Å². The molecule has 4 rings (SSSR count). The molecular weight excluding hydrogens is 350 g/mol. The summed E-state index contributed by atoms with van der Waals surface area (Å²) >= 11 is 0. The number of hydrogen-bond acceptors (Lipinski definition) is 3. The maximum Gasteiger partial charge on any atom is 0.269 e. The van der Waals surface area contributed by atoms with Crippen LogP contribution in [0.25, 0.3) is 6.08 Å². The summed E-state index contributed by atoms with van der Waals surface area (Å²) in [5.41, 5.74) is 5.15. The number of hydrogen-bond donors (Lipinski definition) is 1. The van der Waals surface area contributed by atoms with Crippen LogP contribution in [-0.2, 0) is 0 Å². The molecule has 2 aliphatic rings. The van der Waals surface area contributed by atoms with Gasteiger partial charge in [-0.1, -0.05) is 78.4 Å². The molecule has 0 aliphatic heterocycles. The highest BCUT2D eigenvalue weighted by atomic mass is 16.6. The Morgan fingerprint density at radius 2 is 1.93 bits per heavy atom. The second-order valence-corrected chi connectivity index (χ2v) is 7.11. The van der Waals surface area contributed by atoms with Crippen molar-refractivity contribution in [2.75, 3.05) is 0 Å². The van der Waals surface area contributed by atoms with Crippen LogP contribution in [0.2, 0.25) is 0 Å². The SMILES string of the molecule is O=[N+]([O-])c1cccc(C(O)C2=CC3=C(CC2)C(/C=C/c2ccccc2)C=C3)c1. The Kier molecular flexibility index (Phi) is 5.04. The highest BCUT2D eigenvalue weighted by molar-refractivity contribution is 5.56. The van der Waals surface area contributed by atoms with E-state index in [4.69, 9.17) is 0 Å². The zero-order chi connectivity index (χ0) is 19.5. The third-order valence-electron chi connectivity index (χ3n) is 5.32. The highest BCUT2D eigenvalue weighted by Gasteiger charge is 2.25. The van der Waals surface area contributed by atoms with Crippen molar-refractivity contribution in [3.63, 3.8) is 0 Å². The van der Waals surface area contributed by atoms with Crippen LogP contribution in [0.1, 0.15) is 30.1 Å². The quantitative estimate of drug-likeness (QED) is 0.554. The van der Waals surface area contributed by atoms with E-state index in [0.717, 1.165) is 24.0 Å². The lowest BCUT2D eigenvalue weighted by Gasteiger charge is -2.22. The number of aliphatic hydroxyl groups excluding tert-OH is 1. The number of nitrogens with zero attached hydrogens (tertiary/aromatic N) is 1. The van der Waals surface area contributed by atoms with Crippen LogP contribution in [0, 0.1) is 16.0 Å². The van der Waals surface area contributed by atoms with E-state index in [0.29, 0.717) is 5.56 Å². The summed E-state index contributed by atoms with van der Waals surface area (Å²) in [4.78, 5) is 10.6. The van der Waals surface area contributed by atoms with Crippen molar-refractivity contribution in [3.05, 3.63) is 117 Å². The maximum atomic E-state index is 11.0. The zero-order valence-electron chi connectivity index (χ0n) is 15.4. The van der Waals surface area contributed by atoms with Crippen molar-refractivity contribution >= 4 is 11.8 Å². The number of non-ortho nitro benzene ring substituents is 1. The standard InChI is InChI=1S/C24H21NO3/c26-24(20-7-4-8-22(16-20)25(27)28)21-13-14-23-18(11-12-19(23)15-21)10-9-17-5-2-1-3-6-17/h1-12,15-16,18,24,26H,13-14H2/b10-9+. The lowest BCUT2D eigenvalue weighted by atomic mass is 9.85. The van der Waals surface area contributed by atoms with Gasteiger partial charge in [0.05, 0.1) is 4.92 Å². The van der Waals surface area contributed by atoms with Crippen molar-refractivity contribution < 1.29 is 10.0 Å². The van der Waals surface area contributed by atoms with E-state index in [-0.39, 0.29) is 11.6 Å². The third-order valence-corrected chi connectivity index (χ3v) is 5.32. The number of allylic oxidation sites excluding steroid dienone is 6. The predicted octanol–water partition coefficient (Wildman–Crippen LogP) is 5.54. The molecule has 0 radical (unpaired) electrons. The smallest absolute Gasteiger partial charge is 0.269 e. The minimum absolute atomic E-state index is 0.000241. The summed E-state index contributed by atoms with van der Waals surface area (Å²) < 4.78 is 0. The highest BCUT2D eigenvalue weighted by Crippen LogP contribution is 2.40. The molecule has 4 heteroatoms. The second kappa shape index (κ2) is 7.79. The Morgan fingerprint density at radius 3 is 2.71 bits per heavy atom. The van der Waals surface area contributed by atoms with Crippen LogP contribution in [-0.4, -0.2) is 10.0 Å². The summed E-state index contributed by atoms with van der Waals surface area (Å²) in [7, 11) is 0. The van der Waals surface area contributed by atoms with Crippen LogP contribution in [0.15, 0.2) is 95.6 Å². The zero-order valence-corrected chi connectivity index (χ0v) is 15.4. The number of nitro groups is 1. The lowest BCUT2D eigenvalue weighted by Crippen LogP contribution is -2.08. The van der Waals surface area contributed by atoms with Gasteiger partial charge in [0, 0.05) is 18.1 Å². The van der Waals surface area contributed by atoms with Crippen molar-refractivity contribution in [1.82, 2.24) is 0 Å². The van der Waals surface area contributed by atoms with Crippen LogP contribution in [0.3, 0.4) is 0 Å².